The molecule has 0 radical (unpaired) electrons. The van der Waals surface area contributed by atoms with E-state index in [9.17, 15) is 4.79 Å². The maximum absolute atomic E-state index is 13.0. The van der Waals surface area contributed by atoms with E-state index in [0.29, 0.717) is 11.9 Å². The van der Waals surface area contributed by atoms with Crippen LogP contribution in [0, 0.1) is 5.92 Å². The molecular formula is C23H28N4O. The van der Waals surface area contributed by atoms with E-state index in [0.717, 1.165) is 43.5 Å². The van der Waals surface area contributed by atoms with Crippen molar-refractivity contribution in [2.45, 2.75) is 38.3 Å². The molecule has 3 aliphatic rings. The maximum Gasteiger partial charge on any atom is 0.229 e. The number of imidazole rings is 1. The zero-order chi connectivity index (χ0) is 18.9. The maximum atomic E-state index is 13.0. The van der Waals surface area contributed by atoms with Crippen LogP contribution >= 0.6 is 0 Å². The summed E-state index contributed by atoms with van der Waals surface area (Å²) in [5.74, 6) is 0.307. The molecule has 2 unspecified atom stereocenters. The molecular weight excluding hydrogens is 348 g/mol. The third kappa shape index (κ3) is 3.39. The minimum atomic E-state index is 0.000564. The number of hydrogen-bond donors (Lipinski definition) is 0. The Morgan fingerprint density at radius 1 is 1.14 bits per heavy atom. The molecule has 5 nitrogen and oxygen atoms in total. The Labute approximate surface area is 166 Å². The van der Waals surface area contributed by atoms with Crippen LogP contribution in [0.4, 0.5) is 0 Å². The molecule has 2 atom stereocenters. The second-order valence-electron chi connectivity index (χ2n) is 8.31. The number of hydrogen-bond acceptors (Lipinski definition) is 3. The van der Waals surface area contributed by atoms with Crippen molar-refractivity contribution in [3.8, 4) is 0 Å². The number of rotatable bonds is 4. The highest BCUT2D eigenvalue weighted by molar-refractivity contribution is 5.81. The van der Waals surface area contributed by atoms with Gasteiger partial charge in [0, 0.05) is 25.7 Å². The quantitative estimate of drug-likeness (QED) is 0.823. The summed E-state index contributed by atoms with van der Waals surface area (Å²) >= 11 is 0. The summed E-state index contributed by atoms with van der Waals surface area (Å²) in [4.78, 5) is 22.1. The van der Waals surface area contributed by atoms with Crippen LogP contribution in [0.1, 0.15) is 25.7 Å². The standard InChI is InChI=1S/C23H28N4O/c28-23(26-14-11-20(16-26)25-12-3-4-13-25)19-9-7-18(8-10-19)15-27-17-24-21-5-1-2-6-22(21)27/h1-2,5-9,17,19-20H,3-4,10-16H2. The Morgan fingerprint density at radius 3 is 2.82 bits per heavy atom. The van der Waals surface area contributed by atoms with Crippen molar-refractivity contribution in [3.63, 3.8) is 0 Å². The first kappa shape index (κ1) is 17.7. The molecule has 2 fully saturated rings. The molecule has 0 bridgehead atoms. The minimum Gasteiger partial charge on any atom is -0.341 e. The third-order valence-electron chi connectivity index (χ3n) is 6.51. The fraction of sp³-hybridized carbons (Fsp3) is 0.478. The Morgan fingerprint density at radius 2 is 2.00 bits per heavy atom. The molecule has 2 aromatic rings. The normalized spacial score (nSPS) is 25.6. The number of nitrogens with zero attached hydrogens (tertiary/aromatic N) is 4. The number of fused-ring (bicyclic) bond motifs is 1. The number of allylic oxidation sites excluding steroid dienone is 3. The Hall–Kier alpha value is -2.40. The highest BCUT2D eigenvalue weighted by atomic mass is 16.2. The van der Waals surface area contributed by atoms with E-state index >= 15 is 0 Å². The summed E-state index contributed by atoms with van der Waals surface area (Å²) < 4.78 is 2.18. The number of carbonyl (C=O) groups excluding carboxylic acids is 1. The average Bonchev–Trinajstić information content (AvgIpc) is 3.49. The summed E-state index contributed by atoms with van der Waals surface area (Å²) in [6, 6.07) is 8.79. The van der Waals surface area contributed by atoms with Crippen molar-refractivity contribution in [1.29, 1.82) is 0 Å². The fourth-order valence-corrected chi connectivity index (χ4v) is 4.88. The number of benzene rings is 1. The Kier molecular flexibility index (Phi) is 4.77. The molecule has 1 aromatic carbocycles. The van der Waals surface area contributed by atoms with Gasteiger partial charge < -0.3 is 9.47 Å². The third-order valence-corrected chi connectivity index (χ3v) is 6.51. The van der Waals surface area contributed by atoms with E-state index in [1.165, 1.54) is 31.5 Å². The van der Waals surface area contributed by atoms with Crippen LogP contribution in [0.2, 0.25) is 0 Å². The number of aromatic nitrogens is 2. The van der Waals surface area contributed by atoms with Crippen molar-refractivity contribution >= 4 is 16.9 Å². The zero-order valence-electron chi connectivity index (χ0n) is 16.3. The van der Waals surface area contributed by atoms with Gasteiger partial charge in [-0.1, -0.05) is 30.4 Å². The fourth-order valence-electron chi connectivity index (χ4n) is 4.88. The van der Waals surface area contributed by atoms with Crippen molar-refractivity contribution < 1.29 is 4.79 Å². The van der Waals surface area contributed by atoms with Crippen LogP contribution in [0.3, 0.4) is 0 Å². The first-order chi connectivity index (χ1) is 13.8. The van der Waals surface area contributed by atoms with E-state index in [-0.39, 0.29) is 5.92 Å². The van der Waals surface area contributed by atoms with Crippen LogP contribution in [-0.4, -0.2) is 57.5 Å². The van der Waals surface area contributed by atoms with E-state index in [1.807, 2.05) is 24.5 Å². The summed E-state index contributed by atoms with van der Waals surface area (Å²) in [6.07, 6.45) is 12.9. The topological polar surface area (TPSA) is 41.4 Å². The van der Waals surface area contributed by atoms with Gasteiger partial charge in [-0.15, -0.1) is 0 Å². The second kappa shape index (κ2) is 7.55. The summed E-state index contributed by atoms with van der Waals surface area (Å²) in [5, 5.41) is 0. The van der Waals surface area contributed by atoms with Gasteiger partial charge in [0.25, 0.3) is 0 Å². The van der Waals surface area contributed by atoms with Gasteiger partial charge in [0.15, 0.2) is 0 Å². The summed E-state index contributed by atoms with van der Waals surface area (Å²) in [7, 11) is 0. The molecule has 5 rings (SSSR count). The second-order valence-corrected chi connectivity index (χ2v) is 8.31. The van der Waals surface area contributed by atoms with Gasteiger partial charge in [0.2, 0.25) is 5.91 Å². The molecule has 1 amide bonds. The lowest BCUT2D eigenvalue weighted by Crippen LogP contribution is -2.39. The SMILES string of the molecule is O=C(C1C=CC(Cn2cnc3ccccc32)=CC1)N1CCC(N2CCCC2)C1. The number of carbonyl (C=O) groups is 1. The highest BCUT2D eigenvalue weighted by Crippen LogP contribution is 2.25. The largest absolute Gasteiger partial charge is 0.341 e. The molecule has 3 heterocycles. The molecule has 0 N–H and O–H groups in total. The molecule has 28 heavy (non-hydrogen) atoms. The lowest BCUT2D eigenvalue weighted by molar-refractivity contribution is -0.133. The minimum absolute atomic E-state index is 0.000564. The number of amides is 1. The van der Waals surface area contributed by atoms with Crippen LogP contribution in [0.25, 0.3) is 11.0 Å². The van der Waals surface area contributed by atoms with E-state index in [2.05, 4.69) is 43.6 Å². The first-order valence-corrected chi connectivity index (χ1v) is 10.6. The number of likely N-dealkylation sites (tertiary alicyclic amines) is 2. The molecule has 2 aliphatic heterocycles. The smallest absolute Gasteiger partial charge is 0.229 e. The molecule has 0 saturated carbocycles. The molecule has 1 aliphatic carbocycles. The van der Waals surface area contributed by atoms with Crippen molar-refractivity contribution in [3.05, 3.63) is 54.4 Å². The predicted molar refractivity (Wildman–Crippen MR) is 111 cm³/mol. The molecule has 1 aromatic heterocycles. The lowest BCUT2D eigenvalue weighted by Gasteiger charge is -2.26. The lowest BCUT2D eigenvalue weighted by atomic mass is 9.95. The summed E-state index contributed by atoms with van der Waals surface area (Å²) in [5.41, 5.74) is 3.43. The Balaban J connectivity index is 1.19. The van der Waals surface area contributed by atoms with Gasteiger partial charge in [-0.05, 0) is 56.5 Å². The van der Waals surface area contributed by atoms with Crippen LogP contribution in [0.15, 0.2) is 54.4 Å². The van der Waals surface area contributed by atoms with E-state index in [4.69, 9.17) is 0 Å². The summed E-state index contributed by atoms with van der Waals surface area (Å²) in [6.45, 7) is 5.07. The predicted octanol–water partition coefficient (Wildman–Crippen LogP) is 3.24. The molecule has 5 heteroatoms. The van der Waals surface area contributed by atoms with Gasteiger partial charge in [0.05, 0.1) is 23.3 Å². The molecule has 2 saturated heterocycles. The molecule has 146 valence electrons. The number of para-hydroxylation sites is 2. The monoisotopic (exact) mass is 376 g/mol. The average molecular weight is 377 g/mol. The molecule has 0 spiro atoms. The zero-order valence-corrected chi connectivity index (χ0v) is 16.3. The van der Waals surface area contributed by atoms with E-state index < -0.39 is 0 Å². The van der Waals surface area contributed by atoms with Crippen LogP contribution < -0.4 is 0 Å². The van der Waals surface area contributed by atoms with Gasteiger partial charge in [-0.2, -0.15) is 0 Å². The van der Waals surface area contributed by atoms with Gasteiger partial charge in [-0.25, -0.2) is 4.98 Å². The highest BCUT2D eigenvalue weighted by Gasteiger charge is 2.33. The van der Waals surface area contributed by atoms with Gasteiger partial charge >= 0.3 is 0 Å². The van der Waals surface area contributed by atoms with Crippen molar-refractivity contribution in [1.82, 2.24) is 19.4 Å². The van der Waals surface area contributed by atoms with Crippen molar-refractivity contribution in [2.24, 2.45) is 5.92 Å². The van der Waals surface area contributed by atoms with Gasteiger partial charge in [-0.3, -0.25) is 9.69 Å². The first-order valence-electron chi connectivity index (χ1n) is 10.6. The van der Waals surface area contributed by atoms with Gasteiger partial charge in [0.1, 0.15) is 0 Å². The van der Waals surface area contributed by atoms with E-state index in [1.54, 1.807) is 0 Å². The van der Waals surface area contributed by atoms with Crippen LogP contribution in [0.5, 0.6) is 0 Å². The van der Waals surface area contributed by atoms with Crippen LogP contribution in [-0.2, 0) is 11.3 Å². The Bertz CT molecular complexity index is 922. The van der Waals surface area contributed by atoms with Crippen molar-refractivity contribution in [2.75, 3.05) is 26.2 Å².